The topological polar surface area (TPSA) is 59.1 Å². The van der Waals surface area contributed by atoms with Crippen molar-refractivity contribution < 1.29 is 4.74 Å². The first-order valence-electron chi connectivity index (χ1n) is 6.78. The van der Waals surface area contributed by atoms with E-state index < -0.39 is 0 Å². The maximum Gasteiger partial charge on any atom is 0.130 e. The van der Waals surface area contributed by atoms with Gasteiger partial charge in [0.1, 0.15) is 11.6 Å². The molecule has 1 aliphatic carbocycles. The van der Waals surface area contributed by atoms with Gasteiger partial charge >= 0.3 is 0 Å². The molecule has 0 unspecified atom stereocenters. The number of aryl methyl sites for hydroxylation is 1. The first-order chi connectivity index (χ1) is 8.66. The van der Waals surface area contributed by atoms with Crippen LogP contribution in [0.1, 0.15) is 49.7 Å². The van der Waals surface area contributed by atoms with Crippen LogP contribution < -0.4 is 10.5 Å². The summed E-state index contributed by atoms with van der Waals surface area (Å²) < 4.78 is 6.09. The van der Waals surface area contributed by atoms with Gasteiger partial charge in [0.15, 0.2) is 0 Å². The molecule has 0 atom stereocenters. The van der Waals surface area contributed by atoms with E-state index >= 15 is 0 Å². The Hall–Kier alpha value is -1.51. The van der Waals surface area contributed by atoms with Crippen LogP contribution in [-0.4, -0.2) is 11.9 Å². The van der Waals surface area contributed by atoms with Gasteiger partial charge in [0, 0.05) is 0 Å². The van der Waals surface area contributed by atoms with Crippen molar-refractivity contribution in [1.82, 2.24) is 0 Å². The van der Waals surface area contributed by atoms with Crippen LogP contribution in [0.2, 0.25) is 0 Å². The van der Waals surface area contributed by atoms with Gasteiger partial charge in [0.2, 0.25) is 0 Å². The lowest BCUT2D eigenvalue weighted by Gasteiger charge is -2.19. The van der Waals surface area contributed by atoms with E-state index in [1.165, 1.54) is 25.7 Å². The molecule has 0 bridgehead atoms. The summed E-state index contributed by atoms with van der Waals surface area (Å²) in [6.07, 6.45) is 7.63. The highest BCUT2D eigenvalue weighted by atomic mass is 16.5. The smallest absolute Gasteiger partial charge is 0.130 e. The maximum atomic E-state index is 7.60. The minimum atomic E-state index is 0.0821. The van der Waals surface area contributed by atoms with Crippen LogP contribution in [-0.2, 0) is 0 Å². The van der Waals surface area contributed by atoms with Crippen LogP contribution in [0.3, 0.4) is 0 Å². The third kappa shape index (κ3) is 3.25. The van der Waals surface area contributed by atoms with Gasteiger partial charge in [-0.25, -0.2) is 0 Å². The molecular weight excluding hydrogens is 224 g/mol. The molecule has 0 radical (unpaired) electrons. The molecule has 0 saturated heterocycles. The number of nitrogen functional groups attached to an aromatic ring is 1. The summed E-state index contributed by atoms with van der Waals surface area (Å²) in [5, 5.41) is 7.60. The van der Waals surface area contributed by atoms with Gasteiger partial charge in [-0.15, -0.1) is 0 Å². The molecule has 1 aromatic rings. The summed E-state index contributed by atoms with van der Waals surface area (Å²) in [5.74, 6) is 0.855. The summed E-state index contributed by atoms with van der Waals surface area (Å²) in [6, 6.07) is 5.84. The van der Waals surface area contributed by atoms with Crippen LogP contribution in [0.4, 0.5) is 0 Å². The second kappa shape index (κ2) is 5.89. The second-order valence-corrected chi connectivity index (χ2v) is 5.14. The zero-order chi connectivity index (χ0) is 13.0. The van der Waals surface area contributed by atoms with Crippen molar-refractivity contribution >= 4 is 5.84 Å². The molecule has 0 aliphatic heterocycles. The minimum Gasteiger partial charge on any atom is -0.490 e. The number of rotatable bonds is 3. The van der Waals surface area contributed by atoms with E-state index in [-0.39, 0.29) is 11.9 Å². The number of benzene rings is 1. The maximum absolute atomic E-state index is 7.60. The van der Waals surface area contributed by atoms with Crippen LogP contribution in [0.5, 0.6) is 5.75 Å². The van der Waals surface area contributed by atoms with E-state index in [0.29, 0.717) is 5.56 Å². The van der Waals surface area contributed by atoms with Crippen molar-refractivity contribution in [3.63, 3.8) is 0 Å². The third-order valence-corrected chi connectivity index (χ3v) is 3.52. The lowest BCUT2D eigenvalue weighted by Crippen LogP contribution is -2.19. The van der Waals surface area contributed by atoms with E-state index in [2.05, 4.69) is 0 Å². The van der Waals surface area contributed by atoms with Crippen molar-refractivity contribution in [3.05, 3.63) is 29.3 Å². The average molecular weight is 246 g/mol. The third-order valence-electron chi connectivity index (χ3n) is 3.52. The molecule has 0 aromatic heterocycles. The molecule has 1 fully saturated rings. The highest BCUT2D eigenvalue weighted by Gasteiger charge is 2.16. The molecule has 3 nitrogen and oxygen atoms in total. The second-order valence-electron chi connectivity index (χ2n) is 5.14. The number of amidine groups is 1. The van der Waals surface area contributed by atoms with Crippen molar-refractivity contribution in [2.45, 2.75) is 51.6 Å². The molecule has 0 heterocycles. The van der Waals surface area contributed by atoms with Crippen LogP contribution >= 0.6 is 0 Å². The molecular formula is C15H22N2O. The largest absolute Gasteiger partial charge is 0.490 e. The van der Waals surface area contributed by atoms with E-state index in [1.54, 1.807) is 0 Å². The van der Waals surface area contributed by atoms with E-state index in [1.807, 2.05) is 25.1 Å². The Morgan fingerprint density at radius 2 is 1.89 bits per heavy atom. The number of hydrogen-bond acceptors (Lipinski definition) is 2. The summed E-state index contributed by atoms with van der Waals surface area (Å²) in [4.78, 5) is 0. The predicted octanol–water partition coefficient (Wildman–Crippen LogP) is 3.38. The first kappa shape index (κ1) is 12.9. The van der Waals surface area contributed by atoms with E-state index in [4.69, 9.17) is 15.9 Å². The summed E-state index contributed by atoms with van der Waals surface area (Å²) >= 11 is 0. The predicted molar refractivity (Wildman–Crippen MR) is 74.3 cm³/mol. The zero-order valence-corrected chi connectivity index (χ0v) is 11.0. The molecule has 1 saturated carbocycles. The number of nitrogens with one attached hydrogen (secondary N) is 1. The van der Waals surface area contributed by atoms with Crippen molar-refractivity contribution in [2.75, 3.05) is 0 Å². The van der Waals surface area contributed by atoms with Crippen LogP contribution in [0.15, 0.2) is 18.2 Å². The molecule has 1 aromatic carbocycles. The fourth-order valence-corrected chi connectivity index (χ4v) is 2.49. The fraction of sp³-hybridized carbons (Fsp3) is 0.533. The minimum absolute atomic E-state index is 0.0821. The Kier molecular flexibility index (Phi) is 4.24. The van der Waals surface area contributed by atoms with Crippen LogP contribution in [0, 0.1) is 12.3 Å². The van der Waals surface area contributed by atoms with Crippen LogP contribution in [0.25, 0.3) is 0 Å². The fourth-order valence-electron chi connectivity index (χ4n) is 2.49. The lowest BCUT2D eigenvalue weighted by molar-refractivity contribution is 0.183. The molecule has 18 heavy (non-hydrogen) atoms. The van der Waals surface area contributed by atoms with E-state index in [0.717, 1.165) is 24.2 Å². The molecule has 1 aliphatic rings. The van der Waals surface area contributed by atoms with Gasteiger partial charge in [-0.05, 0) is 50.3 Å². The first-order valence-corrected chi connectivity index (χ1v) is 6.78. The quantitative estimate of drug-likeness (QED) is 0.488. The summed E-state index contributed by atoms with van der Waals surface area (Å²) in [5.41, 5.74) is 7.46. The normalized spacial score (nSPS) is 17.2. The SMILES string of the molecule is Cc1ccc(C(=N)N)c(OC2CCCCCC2)c1. The van der Waals surface area contributed by atoms with Gasteiger partial charge in [-0.3, -0.25) is 5.41 Å². The molecule has 0 spiro atoms. The number of nitrogens with two attached hydrogens (primary N) is 1. The lowest BCUT2D eigenvalue weighted by atomic mass is 10.1. The highest BCUT2D eigenvalue weighted by molar-refractivity contribution is 5.97. The van der Waals surface area contributed by atoms with Gasteiger partial charge in [-0.2, -0.15) is 0 Å². The van der Waals surface area contributed by atoms with Crippen molar-refractivity contribution in [3.8, 4) is 5.75 Å². The number of hydrogen-bond donors (Lipinski definition) is 2. The van der Waals surface area contributed by atoms with Gasteiger partial charge < -0.3 is 10.5 Å². The van der Waals surface area contributed by atoms with Crippen molar-refractivity contribution in [1.29, 1.82) is 5.41 Å². The molecule has 98 valence electrons. The highest BCUT2D eigenvalue weighted by Crippen LogP contribution is 2.26. The zero-order valence-electron chi connectivity index (χ0n) is 11.0. The van der Waals surface area contributed by atoms with Gasteiger partial charge in [0.05, 0.1) is 11.7 Å². The average Bonchev–Trinajstić information content (AvgIpc) is 2.57. The monoisotopic (exact) mass is 246 g/mol. The van der Waals surface area contributed by atoms with Gasteiger partial charge in [-0.1, -0.05) is 18.9 Å². The van der Waals surface area contributed by atoms with E-state index in [9.17, 15) is 0 Å². The Balaban J connectivity index is 2.15. The summed E-state index contributed by atoms with van der Waals surface area (Å²) in [7, 11) is 0. The standard InChI is InChI=1S/C15H22N2O/c1-11-8-9-13(15(16)17)14(10-11)18-12-6-4-2-3-5-7-12/h8-10,12H,2-7H2,1H3,(H3,16,17). The number of ether oxygens (including phenoxy) is 1. The molecule has 2 rings (SSSR count). The Labute approximate surface area is 109 Å². The molecule has 3 heteroatoms. The Bertz CT molecular complexity index is 421. The molecule has 0 amide bonds. The Morgan fingerprint density at radius 3 is 2.50 bits per heavy atom. The summed E-state index contributed by atoms with van der Waals surface area (Å²) in [6.45, 7) is 2.03. The van der Waals surface area contributed by atoms with Crippen molar-refractivity contribution in [2.24, 2.45) is 5.73 Å². The molecule has 3 N–H and O–H groups in total. The van der Waals surface area contributed by atoms with Gasteiger partial charge in [0.25, 0.3) is 0 Å². The Morgan fingerprint density at radius 1 is 1.22 bits per heavy atom.